The smallest absolute Gasteiger partial charge is 0.0370 e. The topological polar surface area (TPSA) is 29.3 Å². The molecule has 0 atom stereocenters. The largest absolute Gasteiger partial charge is 0.399 e. The maximum absolute atomic E-state index is 5.76. The Bertz CT molecular complexity index is 325. The maximum Gasteiger partial charge on any atom is 0.0370 e. The highest BCUT2D eigenvalue weighted by Gasteiger charge is 2.20. The van der Waals surface area contributed by atoms with E-state index in [2.05, 4.69) is 24.0 Å². The van der Waals surface area contributed by atoms with E-state index >= 15 is 0 Å². The standard InChI is InChI=1S/C15H24N2/c1-2-12-17(14-6-4-3-5-7-14)15-10-8-13(16)9-11-15/h8-11,14H,2-7,12,16H2,1H3. The summed E-state index contributed by atoms with van der Waals surface area (Å²) in [5.74, 6) is 0. The molecule has 0 spiro atoms. The van der Waals surface area contributed by atoms with Crippen LogP contribution in [0.5, 0.6) is 0 Å². The van der Waals surface area contributed by atoms with E-state index in [0.29, 0.717) is 0 Å². The van der Waals surface area contributed by atoms with Gasteiger partial charge in [0.2, 0.25) is 0 Å². The van der Waals surface area contributed by atoms with Crippen molar-refractivity contribution in [3.05, 3.63) is 24.3 Å². The zero-order valence-corrected chi connectivity index (χ0v) is 10.9. The van der Waals surface area contributed by atoms with Crippen molar-refractivity contribution in [2.45, 2.75) is 51.5 Å². The summed E-state index contributed by atoms with van der Waals surface area (Å²) in [7, 11) is 0. The van der Waals surface area contributed by atoms with Gasteiger partial charge >= 0.3 is 0 Å². The van der Waals surface area contributed by atoms with Gasteiger partial charge < -0.3 is 10.6 Å². The average molecular weight is 232 g/mol. The molecule has 2 N–H and O–H groups in total. The summed E-state index contributed by atoms with van der Waals surface area (Å²) in [6.07, 6.45) is 8.10. The van der Waals surface area contributed by atoms with Gasteiger partial charge in [-0.05, 0) is 43.5 Å². The molecule has 0 aromatic heterocycles. The van der Waals surface area contributed by atoms with Crippen molar-refractivity contribution in [2.24, 2.45) is 0 Å². The van der Waals surface area contributed by atoms with Crippen LogP contribution in [0.3, 0.4) is 0 Å². The van der Waals surface area contributed by atoms with E-state index in [1.54, 1.807) is 0 Å². The van der Waals surface area contributed by atoms with Gasteiger partial charge in [-0.2, -0.15) is 0 Å². The van der Waals surface area contributed by atoms with Gasteiger partial charge in [-0.3, -0.25) is 0 Å². The number of nitrogens with zero attached hydrogens (tertiary/aromatic N) is 1. The van der Waals surface area contributed by atoms with Crippen molar-refractivity contribution in [1.29, 1.82) is 0 Å². The minimum atomic E-state index is 0.743. The van der Waals surface area contributed by atoms with Gasteiger partial charge in [0.25, 0.3) is 0 Å². The Labute approximate surface area is 105 Å². The van der Waals surface area contributed by atoms with Crippen molar-refractivity contribution in [1.82, 2.24) is 0 Å². The van der Waals surface area contributed by atoms with Crippen LogP contribution in [0.1, 0.15) is 45.4 Å². The van der Waals surface area contributed by atoms with E-state index in [4.69, 9.17) is 5.73 Å². The molecule has 1 aliphatic rings. The Kier molecular flexibility index (Phi) is 4.29. The Balaban J connectivity index is 2.12. The lowest BCUT2D eigenvalue weighted by molar-refractivity contribution is 0.414. The van der Waals surface area contributed by atoms with Crippen LogP contribution in [-0.2, 0) is 0 Å². The van der Waals surface area contributed by atoms with Crippen molar-refractivity contribution in [2.75, 3.05) is 17.2 Å². The molecule has 1 fully saturated rings. The SMILES string of the molecule is CCCN(c1ccc(N)cc1)C1CCCCC1. The number of nitrogens with two attached hydrogens (primary N) is 1. The molecule has 0 saturated heterocycles. The van der Waals surface area contributed by atoms with Crippen molar-refractivity contribution >= 4 is 11.4 Å². The number of hydrogen-bond donors (Lipinski definition) is 1. The van der Waals surface area contributed by atoms with Gasteiger partial charge in [0.15, 0.2) is 0 Å². The summed E-state index contributed by atoms with van der Waals surface area (Å²) < 4.78 is 0. The maximum atomic E-state index is 5.76. The third kappa shape index (κ3) is 3.15. The van der Waals surface area contributed by atoms with Crippen LogP contribution in [0.2, 0.25) is 0 Å². The van der Waals surface area contributed by atoms with E-state index in [1.807, 2.05) is 12.1 Å². The first-order valence-corrected chi connectivity index (χ1v) is 6.93. The van der Waals surface area contributed by atoms with E-state index in [-0.39, 0.29) is 0 Å². The highest BCUT2D eigenvalue weighted by atomic mass is 15.2. The quantitative estimate of drug-likeness (QED) is 0.800. The van der Waals surface area contributed by atoms with Crippen molar-refractivity contribution in [3.63, 3.8) is 0 Å². The average Bonchev–Trinajstić information content (AvgIpc) is 2.38. The second-order valence-electron chi connectivity index (χ2n) is 5.08. The molecular formula is C15H24N2. The fourth-order valence-electron chi connectivity index (χ4n) is 2.82. The molecule has 1 aromatic carbocycles. The summed E-state index contributed by atoms with van der Waals surface area (Å²) in [5, 5.41) is 0. The Morgan fingerprint density at radius 3 is 2.35 bits per heavy atom. The van der Waals surface area contributed by atoms with Crippen LogP contribution in [-0.4, -0.2) is 12.6 Å². The first-order valence-electron chi connectivity index (χ1n) is 6.93. The molecule has 0 heterocycles. The molecule has 94 valence electrons. The first-order chi connectivity index (χ1) is 8.31. The summed E-state index contributed by atoms with van der Waals surface area (Å²) in [4.78, 5) is 2.58. The summed E-state index contributed by atoms with van der Waals surface area (Å²) in [6.45, 7) is 3.42. The van der Waals surface area contributed by atoms with Crippen LogP contribution in [0.15, 0.2) is 24.3 Å². The number of anilines is 2. The zero-order chi connectivity index (χ0) is 12.1. The monoisotopic (exact) mass is 232 g/mol. The van der Waals surface area contributed by atoms with Gasteiger partial charge in [0.05, 0.1) is 0 Å². The fraction of sp³-hybridized carbons (Fsp3) is 0.600. The molecule has 2 nitrogen and oxygen atoms in total. The second-order valence-corrected chi connectivity index (χ2v) is 5.08. The molecular weight excluding hydrogens is 208 g/mol. The number of benzene rings is 1. The predicted molar refractivity (Wildman–Crippen MR) is 75.4 cm³/mol. The Hall–Kier alpha value is -1.18. The van der Waals surface area contributed by atoms with E-state index in [1.165, 1.54) is 44.2 Å². The Morgan fingerprint density at radius 2 is 1.76 bits per heavy atom. The number of nitrogen functional groups attached to an aromatic ring is 1. The molecule has 0 radical (unpaired) electrons. The molecule has 2 rings (SSSR count). The van der Waals surface area contributed by atoms with Crippen LogP contribution < -0.4 is 10.6 Å². The molecule has 0 unspecified atom stereocenters. The predicted octanol–water partition coefficient (Wildman–Crippen LogP) is 3.82. The fourth-order valence-corrected chi connectivity index (χ4v) is 2.82. The van der Waals surface area contributed by atoms with E-state index in [0.717, 1.165) is 18.3 Å². The molecule has 1 aliphatic carbocycles. The third-order valence-corrected chi connectivity index (χ3v) is 3.70. The molecule has 0 amide bonds. The number of rotatable bonds is 4. The molecule has 1 aromatic rings. The second kappa shape index (κ2) is 5.95. The van der Waals surface area contributed by atoms with Gasteiger partial charge in [-0.15, -0.1) is 0 Å². The van der Waals surface area contributed by atoms with Crippen molar-refractivity contribution in [3.8, 4) is 0 Å². The minimum Gasteiger partial charge on any atom is -0.399 e. The Morgan fingerprint density at radius 1 is 1.12 bits per heavy atom. The number of hydrogen-bond acceptors (Lipinski definition) is 2. The van der Waals surface area contributed by atoms with Gasteiger partial charge in [0, 0.05) is 24.0 Å². The van der Waals surface area contributed by atoms with Crippen LogP contribution in [0.4, 0.5) is 11.4 Å². The molecule has 17 heavy (non-hydrogen) atoms. The first kappa shape index (κ1) is 12.3. The zero-order valence-electron chi connectivity index (χ0n) is 10.9. The summed E-state index contributed by atoms with van der Waals surface area (Å²) in [5.41, 5.74) is 7.96. The molecule has 0 bridgehead atoms. The summed E-state index contributed by atoms with van der Waals surface area (Å²) in [6, 6.07) is 9.10. The summed E-state index contributed by atoms with van der Waals surface area (Å²) >= 11 is 0. The minimum absolute atomic E-state index is 0.743. The van der Waals surface area contributed by atoms with Gasteiger partial charge in [-0.25, -0.2) is 0 Å². The lowest BCUT2D eigenvalue weighted by Gasteiger charge is -2.36. The highest BCUT2D eigenvalue weighted by molar-refractivity contribution is 5.53. The van der Waals surface area contributed by atoms with Crippen LogP contribution in [0, 0.1) is 0 Å². The lowest BCUT2D eigenvalue weighted by atomic mass is 9.93. The molecule has 1 saturated carbocycles. The van der Waals surface area contributed by atoms with Crippen molar-refractivity contribution < 1.29 is 0 Å². The normalized spacial score (nSPS) is 17.0. The van der Waals surface area contributed by atoms with Crippen LogP contribution in [0.25, 0.3) is 0 Å². The van der Waals surface area contributed by atoms with Gasteiger partial charge in [0.1, 0.15) is 0 Å². The van der Waals surface area contributed by atoms with E-state index < -0.39 is 0 Å². The highest BCUT2D eigenvalue weighted by Crippen LogP contribution is 2.27. The molecule has 2 heteroatoms. The molecule has 0 aliphatic heterocycles. The third-order valence-electron chi connectivity index (χ3n) is 3.70. The van der Waals surface area contributed by atoms with Gasteiger partial charge in [-0.1, -0.05) is 26.2 Å². The van der Waals surface area contributed by atoms with E-state index in [9.17, 15) is 0 Å². The lowest BCUT2D eigenvalue weighted by Crippen LogP contribution is -2.37. The van der Waals surface area contributed by atoms with Crippen LogP contribution >= 0.6 is 0 Å².